The molecule has 0 spiro atoms. The summed E-state index contributed by atoms with van der Waals surface area (Å²) >= 11 is 5.93. The lowest BCUT2D eigenvalue weighted by molar-refractivity contribution is -0.384. The molecule has 2 heterocycles. The third-order valence-electron chi connectivity index (χ3n) is 5.24. The van der Waals surface area contributed by atoms with Crippen LogP contribution in [0.1, 0.15) is 34.1 Å². The van der Waals surface area contributed by atoms with Gasteiger partial charge in [-0.1, -0.05) is 42.8 Å². The molecular weight excluding hydrogens is 406 g/mol. The summed E-state index contributed by atoms with van der Waals surface area (Å²) in [6.45, 7) is 3.77. The molecule has 30 heavy (non-hydrogen) atoms. The Kier molecular flexibility index (Phi) is 5.24. The van der Waals surface area contributed by atoms with Crippen LogP contribution in [-0.4, -0.2) is 39.0 Å². The molecule has 7 nitrogen and oxygen atoms in total. The molecule has 0 saturated heterocycles. The molecule has 0 bridgehead atoms. The summed E-state index contributed by atoms with van der Waals surface area (Å²) in [4.78, 5) is 29.7. The molecule has 0 amide bonds. The number of pyridine rings is 1. The number of nitro benzene ring substituents is 1. The van der Waals surface area contributed by atoms with Crippen LogP contribution in [0.3, 0.4) is 0 Å². The molecule has 1 aliphatic heterocycles. The van der Waals surface area contributed by atoms with Crippen molar-refractivity contribution < 1.29 is 14.8 Å². The maximum atomic E-state index is 12.1. The molecule has 4 rings (SSSR count). The first-order valence-electron chi connectivity index (χ1n) is 9.41. The molecule has 1 aromatic heterocycles. The summed E-state index contributed by atoms with van der Waals surface area (Å²) < 4.78 is 0. The van der Waals surface area contributed by atoms with Gasteiger partial charge in [0.1, 0.15) is 5.02 Å². The summed E-state index contributed by atoms with van der Waals surface area (Å²) in [5.41, 5.74) is 3.37. The maximum Gasteiger partial charge on any atom is 0.336 e. The van der Waals surface area contributed by atoms with E-state index in [2.05, 4.69) is 4.90 Å². The zero-order valence-corrected chi connectivity index (χ0v) is 16.9. The number of hydrogen-bond donors (Lipinski definition) is 1. The van der Waals surface area contributed by atoms with Gasteiger partial charge in [-0.25, -0.2) is 9.78 Å². The zero-order valence-electron chi connectivity index (χ0n) is 16.1. The van der Waals surface area contributed by atoms with E-state index in [1.807, 2.05) is 19.1 Å². The molecule has 0 saturated carbocycles. The van der Waals surface area contributed by atoms with Crippen LogP contribution in [0.25, 0.3) is 22.6 Å². The van der Waals surface area contributed by atoms with Gasteiger partial charge in [0, 0.05) is 30.1 Å². The van der Waals surface area contributed by atoms with Gasteiger partial charge >= 0.3 is 5.97 Å². The molecule has 8 heteroatoms. The van der Waals surface area contributed by atoms with Gasteiger partial charge in [0.25, 0.3) is 5.69 Å². The van der Waals surface area contributed by atoms with Gasteiger partial charge in [0.2, 0.25) is 0 Å². The van der Waals surface area contributed by atoms with E-state index in [1.54, 1.807) is 24.3 Å². The fraction of sp³-hybridized carbons (Fsp3) is 0.182. The van der Waals surface area contributed by atoms with Crippen molar-refractivity contribution in [3.8, 4) is 0 Å². The highest BCUT2D eigenvalue weighted by molar-refractivity contribution is 6.32. The Bertz CT molecular complexity index is 1220. The van der Waals surface area contributed by atoms with Crippen molar-refractivity contribution in [2.75, 3.05) is 13.1 Å². The van der Waals surface area contributed by atoms with Crippen LogP contribution >= 0.6 is 11.6 Å². The quantitative estimate of drug-likeness (QED) is 0.475. The third kappa shape index (κ3) is 3.53. The molecule has 1 aliphatic rings. The Morgan fingerprint density at radius 3 is 2.77 bits per heavy atom. The lowest BCUT2D eigenvalue weighted by atomic mass is 9.92. The summed E-state index contributed by atoms with van der Waals surface area (Å²) in [5, 5.41) is 21.9. The number of carboxylic acids is 1. The van der Waals surface area contributed by atoms with Crippen molar-refractivity contribution >= 4 is 45.8 Å². The lowest BCUT2D eigenvalue weighted by Gasteiger charge is -2.30. The van der Waals surface area contributed by atoms with Crippen LogP contribution in [0.15, 0.2) is 42.5 Å². The molecule has 152 valence electrons. The van der Waals surface area contributed by atoms with Crippen molar-refractivity contribution in [2.24, 2.45) is 0 Å². The van der Waals surface area contributed by atoms with Crippen LogP contribution in [0.2, 0.25) is 5.02 Å². The lowest BCUT2D eigenvalue weighted by Crippen LogP contribution is -2.31. The molecule has 0 radical (unpaired) electrons. The Hall–Kier alpha value is -3.29. The Morgan fingerprint density at radius 1 is 1.30 bits per heavy atom. The first-order chi connectivity index (χ1) is 14.4. The minimum atomic E-state index is -0.996. The molecule has 1 N–H and O–H groups in total. The summed E-state index contributed by atoms with van der Waals surface area (Å²) in [6, 6.07) is 11.8. The summed E-state index contributed by atoms with van der Waals surface area (Å²) in [7, 11) is 0. The molecule has 0 aliphatic carbocycles. The van der Waals surface area contributed by atoms with Crippen molar-refractivity contribution in [3.63, 3.8) is 0 Å². The number of halogens is 1. The number of fused-ring (bicyclic) bond motifs is 2. The van der Waals surface area contributed by atoms with Gasteiger partial charge in [-0.15, -0.1) is 0 Å². The van der Waals surface area contributed by atoms with E-state index in [4.69, 9.17) is 16.6 Å². The predicted molar refractivity (Wildman–Crippen MR) is 116 cm³/mol. The Labute approximate surface area is 177 Å². The third-order valence-corrected chi connectivity index (χ3v) is 5.56. The van der Waals surface area contributed by atoms with Crippen LogP contribution < -0.4 is 0 Å². The van der Waals surface area contributed by atoms with E-state index >= 15 is 0 Å². The number of carbonyl (C=O) groups is 1. The molecule has 0 atom stereocenters. The normalized spacial score (nSPS) is 15.3. The van der Waals surface area contributed by atoms with Gasteiger partial charge in [-0.2, -0.15) is 0 Å². The second-order valence-corrected chi connectivity index (χ2v) is 7.48. The van der Waals surface area contributed by atoms with Crippen LogP contribution in [0, 0.1) is 10.1 Å². The highest BCUT2D eigenvalue weighted by Gasteiger charge is 2.28. The summed E-state index contributed by atoms with van der Waals surface area (Å²) in [5.74, 6) is -0.996. The monoisotopic (exact) mass is 423 g/mol. The van der Waals surface area contributed by atoms with Gasteiger partial charge in [0.05, 0.1) is 21.7 Å². The van der Waals surface area contributed by atoms with Crippen molar-refractivity contribution in [3.05, 3.63) is 80.0 Å². The number of aromatic nitrogens is 1. The van der Waals surface area contributed by atoms with E-state index in [0.717, 1.165) is 12.1 Å². The number of nitro groups is 1. The molecule has 0 fully saturated rings. The molecular formula is C22H18ClN3O4. The standard InChI is InChI=1S/C22H18ClN3O4/c1-2-25-11-14(9-13-7-8-17(23)19(10-13)26(29)30)21-16(12-25)20(22(27)28)15-5-3-4-6-18(15)24-21/h3-10H,2,11-12H2,1H3,(H,27,28). The fourth-order valence-corrected chi connectivity index (χ4v) is 4.00. The van der Waals surface area contributed by atoms with Crippen molar-refractivity contribution in [1.29, 1.82) is 0 Å². The average molecular weight is 424 g/mol. The van der Waals surface area contributed by atoms with Crippen LogP contribution in [-0.2, 0) is 6.54 Å². The number of benzene rings is 2. The van der Waals surface area contributed by atoms with Gasteiger partial charge < -0.3 is 5.11 Å². The Balaban J connectivity index is 1.96. The SMILES string of the molecule is CCN1CC(=Cc2ccc(Cl)c([N+](=O)[O-])c2)c2nc3ccccc3c(C(=O)O)c2C1. The summed E-state index contributed by atoms with van der Waals surface area (Å²) in [6.07, 6.45) is 1.82. The number of aromatic carboxylic acids is 1. The number of carboxylic acid groups (broad SMARTS) is 1. The van der Waals surface area contributed by atoms with Gasteiger partial charge in [-0.05, 0) is 35.9 Å². The van der Waals surface area contributed by atoms with Crippen molar-refractivity contribution in [2.45, 2.75) is 13.5 Å². The van der Waals surface area contributed by atoms with E-state index in [-0.39, 0.29) is 16.3 Å². The first kappa shape index (κ1) is 20.0. The molecule has 2 aromatic carbocycles. The van der Waals surface area contributed by atoms with E-state index < -0.39 is 10.9 Å². The predicted octanol–water partition coefficient (Wildman–Crippen LogP) is 4.87. The smallest absolute Gasteiger partial charge is 0.336 e. The average Bonchev–Trinajstić information content (AvgIpc) is 2.72. The second kappa shape index (κ2) is 7.85. The maximum absolute atomic E-state index is 12.1. The van der Waals surface area contributed by atoms with Crippen LogP contribution in [0.5, 0.6) is 0 Å². The van der Waals surface area contributed by atoms with Gasteiger partial charge in [-0.3, -0.25) is 15.0 Å². The van der Waals surface area contributed by atoms with Crippen LogP contribution in [0.4, 0.5) is 5.69 Å². The van der Waals surface area contributed by atoms with E-state index in [0.29, 0.717) is 40.8 Å². The second-order valence-electron chi connectivity index (χ2n) is 7.08. The Morgan fingerprint density at radius 2 is 2.07 bits per heavy atom. The number of hydrogen-bond acceptors (Lipinski definition) is 5. The number of likely N-dealkylation sites (N-methyl/N-ethyl adjacent to an activating group) is 1. The zero-order chi connectivity index (χ0) is 21.4. The minimum Gasteiger partial charge on any atom is -0.478 e. The van der Waals surface area contributed by atoms with Gasteiger partial charge in [0.15, 0.2) is 0 Å². The van der Waals surface area contributed by atoms with E-state index in [1.165, 1.54) is 12.1 Å². The first-order valence-corrected chi connectivity index (χ1v) is 9.79. The van der Waals surface area contributed by atoms with Crippen molar-refractivity contribution in [1.82, 2.24) is 9.88 Å². The molecule has 3 aromatic rings. The van der Waals surface area contributed by atoms with E-state index in [9.17, 15) is 20.0 Å². The highest BCUT2D eigenvalue weighted by Crippen LogP contribution is 2.35. The highest BCUT2D eigenvalue weighted by atomic mass is 35.5. The number of para-hydroxylation sites is 1. The minimum absolute atomic E-state index is 0.0682. The number of rotatable bonds is 4. The topological polar surface area (TPSA) is 96.6 Å². The molecule has 0 unspecified atom stereocenters. The fourth-order valence-electron chi connectivity index (χ4n) is 3.81. The largest absolute Gasteiger partial charge is 0.478 e. The number of nitrogens with zero attached hydrogens (tertiary/aromatic N) is 3.